The monoisotopic (exact) mass is 340 g/mol. The summed E-state index contributed by atoms with van der Waals surface area (Å²) in [5.41, 5.74) is 3.24. The fraction of sp³-hybridized carbons (Fsp3) is 0.350. The van der Waals surface area contributed by atoms with E-state index in [4.69, 9.17) is 9.47 Å². The average Bonchev–Trinajstić information content (AvgIpc) is 3.03. The summed E-state index contributed by atoms with van der Waals surface area (Å²) in [4.78, 5) is 14.4. The molecule has 25 heavy (non-hydrogen) atoms. The Morgan fingerprint density at radius 3 is 2.72 bits per heavy atom. The highest BCUT2D eigenvalue weighted by molar-refractivity contribution is 5.94. The van der Waals surface area contributed by atoms with Crippen LogP contribution in [0.3, 0.4) is 0 Å². The van der Waals surface area contributed by atoms with E-state index in [9.17, 15) is 4.79 Å². The molecular formula is C20H24N2O3. The third-order valence-electron chi connectivity index (χ3n) is 4.16. The van der Waals surface area contributed by atoms with Crippen LogP contribution >= 0.6 is 0 Å². The molecule has 0 unspecified atom stereocenters. The molecule has 5 heteroatoms. The minimum Gasteiger partial charge on any atom is -0.491 e. The zero-order chi connectivity index (χ0) is 17.5. The van der Waals surface area contributed by atoms with E-state index in [2.05, 4.69) is 22.3 Å². The molecule has 1 heterocycles. The molecule has 0 saturated carbocycles. The number of ether oxygens (including phenoxy) is 2. The van der Waals surface area contributed by atoms with Gasteiger partial charge in [0, 0.05) is 24.5 Å². The van der Waals surface area contributed by atoms with Gasteiger partial charge < -0.3 is 19.7 Å². The van der Waals surface area contributed by atoms with Crippen LogP contribution in [0.2, 0.25) is 0 Å². The molecule has 2 aromatic carbocycles. The van der Waals surface area contributed by atoms with Crippen molar-refractivity contribution in [1.29, 1.82) is 0 Å². The van der Waals surface area contributed by atoms with E-state index in [0.29, 0.717) is 26.4 Å². The highest BCUT2D eigenvalue weighted by Crippen LogP contribution is 2.27. The molecule has 3 rings (SSSR count). The van der Waals surface area contributed by atoms with Crippen LogP contribution in [0.5, 0.6) is 5.75 Å². The predicted octanol–water partition coefficient (Wildman–Crippen LogP) is 3.10. The van der Waals surface area contributed by atoms with E-state index in [1.165, 1.54) is 5.56 Å². The molecule has 2 aromatic rings. The number of anilines is 2. The van der Waals surface area contributed by atoms with E-state index in [-0.39, 0.29) is 5.91 Å². The largest absolute Gasteiger partial charge is 0.491 e. The van der Waals surface area contributed by atoms with Gasteiger partial charge in [-0.3, -0.25) is 4.79 Å². The van der Waals surface area contributed by atoms with Crippen molar-refractivity contribution in [2.75, 3.05) is 43.1 Å². The van der Waals surface area contributed by atoms with Crippen LogP contribution in [0.15, 0.2) is 48.5 Å². The lowest BCUT2D eigenvalue weighted by molar-refractivity contribution is -0.115. The van der Waals surface area contributed by atoms with Crippen LogP contribution in [0.1, 0.15) is 12.5 Å². The lowest BCUT2D eigenvalue weighted by atomic mass is 10.2. The van der Waals surface area contributed by atoms with Crippen molar-refractivity contribution in [1.82, 2.24) is 0 Å². The number of nitrogens with one attached hydrogen (secondary N) is 1. The Morgan fingerprint density at radius 1 is 1.12 bits per heavy atom. The Labute approximate surface area is 148 Å². The smallest absolute Gasteiger partial charge is 0.243 e. The minimum absolute atomic E-state index is 0.0123. The van der Waals surface area contributed by atoms with Gasteiger partial charge in [-0.15, -0.1) is 0 Å². The summed E-state index contributed by atoms with van der Waals surface area (Å²) >= 11 is 0. The highest BCUT2D eigenvalue weighted by atomic mass is 16.5. The third kappa shape index (κ3) is 4.73. The van der Waals surface area contributed by atoms with E-state index >= 15 is 0 Å². The third-order valence-corrected chi connectivity index (χ3v) is 4.16. The minimum atomic E-state index is -0.0123. The summed E-state index contributed by atoms with van der Waals surface area (Å²) in [6, 6.07) is 15.7. The summed E-state index contributed by atoms with van der Waals surface area (Å²) in [5.74, 6) is 0.757. The van der Waals surface area contributed by atoms with Gasteiger partial charge in [0.05, 0.1) is 13.2 Å². The first kappa shape index (κ1) is 17.3. The van der Waals surface area contributed by atoms with Crippen LogP contribution in [0, 0.1) is 0 Å². The van der Waals surface area contributed by atoms with Gasteiger partial charge in [-0.1, -0.05) is 18.2 Å². The van der Waals surface area contributed by atoms with E-state index < -0.39 is 0 Å². The Kier molecular flexibility index (Phi) is 5.90. The van der Waals surface area contributed by atoms with Gasteiger partial charge in [-0.25, -0.2) is 0 Å². The number of para-hydroxylation sites is 1. The number of benzene rings is 2. The standard InChI is InChI=1S/C20H24N2O3/c1-2-24-13-14-25-18-9-7-17(8-10-18)21-20(23)15-22-12-11-16-5-3-4-6-19(16)22/h3-10H,2,11-15H2,1H3,(H,21,23). The molecule has 1 aliphatic heterocycles. The van der Waals surface area contributed by atoms with Gasteiger partial charge in [0.1, 0.15) is 12.4 Å². The number of amides is 1. The first-order valence-corrected chi connectivity index (χ1v) is 8.69. The van der Waals surface area contributed by atoms with Crippen LogP contribution in [0.4, 0.5) is 11.4 Å². The Balaban J connectivity index is 1.48. The van der Waals surface area contributed by atoms with Crippen LogP contribution in [-0.4, -0.2) is 38.8 Å². The summed E-state index contributed by atoms with van der Waals surface area (Å²) in [6.45, 7) is 5.00. The molecule has 0 aromatic heterocycles. The maximum Gasteiger partial charge on any atom is 0.243 e. The van der Waals surface area contributed by atoms with Crippen molar-refractivity contribution >= 4 is 17.3 Å². The summed E-state index contributed by atoms with van der Waals surface area (Å²) in [5, 5.41) is 2.94. The molecule has 132 valence electrons. The number of hydrogen-bond donors (Lipinski definition) is 1. The van der Waals surface area contributed by atoms with Crippen molar-refractivity contribution in [3.05, 3.63) is 54.1 Å². The fourth-order valence-electron chi connectivity index (χ4n) is 2.94. The average molecular weight is 340 g/mol. The van der Waals surface area contributed by atoms with Crippen LogP contribution in [0.25, 0.3) is 0 Å². The Bertz CT molecular complexity index is 700. The molecule has 1 aliphatic rings. The topological polar surface area (TPSA) is 50.8 Å². The second-order valence-electron chi connectivity index (χ2n) is 5.92. The number of nitrogens with zero attached hydrogens (tertiary/aromatic N) is 1. The molecule has 0 bridgehead atoms. The first-order chi connectivity index (χ1) is 12.3. The van der Waals surface area contributed by atoms with Crippen LogP contribution in [-0.2, 0) is 16.0 Å². The zero-order valence-electron chi connectivity index (χ0n) is 14.5. The molecule has 0 spiro atoms. The normalized spacial score (nSPS) is 12.8. The Hall–Kier alpha value is -2.53. The second-order valence-corrected chi connectivity index (χ2v) is 5.92. The quantitative estimate of drug-likeness (QED) is 0.750. The van der Waals surface area contributed by atoms with Gasteiger partial charge in [-0.2, -0.15) is 0 Å². The summed E-state index contributed by atoms with van der Waals surface area (Å²) < 4.78 is 10.8. The predicted molar refractivity (Wildman–Crippen MR) is 99.4 cm³/mol. The van der Waals surface area contributed by atoms with Crippen molar-refractivity contribution in [3.8, 4) is 5.75 Å². The fourth-order valence-corrected chi connectivity index (χ4v) is 2.94. The van der Waals surface area contributed by atoms with Gasteiger partial charge in [0.25, 0.3) is 0 Å². The maximum absolute atomic E-state index is 12.3. The number of hydrogen-bond acceptors (Lipinski definition) is 4. The van der Waals surface area contributed by atoms with Gasteiger partial charge in [-0.05, 0) is 49.2 Å². The molecular weight excluding hydrogens is 316 g/mol. The van der Waals surface area contributed by atoms with Crippen molar-refractivity contribution < 1.29 is 14.3 Å². The molecule has 0 fully saturated rings. The Morgan fingerprint density at radius 2 is 1.92 bits per heavy atom. The lowest BCUT2D eigenvalue weighted by Crippen LogP contribution is -2.31. The zero-order valence-corrected chi connectivity index (χ0v) is 14.5. The van der Waals surface area contributed by atoms with E-state index in [1.54, 1.807) is 0 Å². The molecule has 0 atom stereocenters. The van der Waals surface area contributed by atoms with Gasteiger partial charge in [0.15, 0.2) is 0 Å². The van der Waals surface area contributed by atoms with Gasteiger partial charge in [0.2, 0.25) is 5.91 Å². The highest BCUT2D eigenvalue weighted by Gasteiger charge is 2.20. The maximum atomic E-state index is 12.3. The van der Waals surface area contributed by atoms with Gasteiger partial charge >= 0.3 is 0 Å². The molecule has 0 radical (unpaired) electrons. The second kappa shape index (κ2) is 8.53. The van der Waals surface area contributed by atoms with E-state index in [0.717, 1.165) is 30.1 Å². The van der Waals surface area contributed by atoms with Crippen molar-refractivity contribution in [3.63, 3.8) is 0 Å². The number of carbonyl (C=O) groups excluding carboxylic acids is 1. The SMILES string of the molecule is CCOCCOc1ccc(NC(=O)CN2CCc3ccccc32)cc1. The molecule has 1 amide bonds. The molecule has 1 N–H and O–H groups in total. The first-order valence-electron chi connectivity index (χ1n) is 8.69. The van der Waals surface area contributed by atoms with Crippen molar-refractivity contribution in [2.45, 2.75) is 13.3 Å². The van der Waals surface area contributed by atoms with Crippen LogP contribution < -0.4 is 15.0 Å². The summed E-state index contributed by atoms with van der Waals surface area (Å²) in [6.07, 6.45) is 0.997. The van der Waals surface area contributed by atoms with E-state index in [1.807, 2.05) is 43.3 Å². The molecule has 0 aliphatic carbocycles. The number of rotatable bonds is 8. The molecule has 0 saturated heterocycles. The number of fused-ring (bicyclic) bond motifs is 1. The molecule has 5 nitrogen and oxygen atoms in total. The summed E-state index contributed by atoms with van der Waals surface area (Å²) in [7, 11) is 0. The lowest BCUT2D eigenvalue weighted by Gasteiger charge is -2.18. The number of carbonyl (C=O) groups is 1. The van der Waals surface area contributed by atoms with Crippen molar-refractivity contribution in [2.24, 2.45) is 0 Å².